The van der Waals surface area contributed by atoms with Gasteiger partial charge in [-0.3, -0.25) is 9.69 Å². The first-order valence-electron chi connectivity index (χ1n) is 5.92. The summed E-state index contributed by atoms with van der Waals surface area (Å²) in [5.41, 5.74) is 8.71. The lowest BCUT2D eigenvalue weighted by Crippen LogP contribution is -2.31. The Balaban J connectivity index is 2.05. The zero-order chi connectivity index (χ0) is 11.1. The lowest BCUT2D eigenvalue weighted by atomic mass is 9.91. The van der Waals surface area contributed by atoms with E-state index in [1.165, 1.54) is 30.5 Å². The number of hydrogen-bond donors (Lipinski definition) is 1. The van der Waals surface area contributed by atoms with Gasteiger partial charge in [-0.2, -0.15) is 0 Å². The van der Waals surface area contributed by atoms with Gasteiger partial charge in [0.1, 0.15) is 0 Å². The van der Waals surface area contributed by atoms with Crippen molar-refractivity contribution in [2.45, 2.75) is 25.3 Å². The van der Waals surface area contributed by atoms with E-state index < -0.39 is 0 Å². The number of nitrogens with two attached hydrogens (primary N) is 1. The number of benzene rings is 1. The Bertz CT molecular complexity index is 442. The molecule has 0 spiro atoms. The van der Waals surface area contributed by atoms with E-state index in [1.807, 2.05) is 12.1 Å². The molecule has 0 aliphatic carbocycles. The van der Waals surface area contributed by atoms with Gasteiger partial charge in [-0.1, -0.05) is 6.07 Å². The fourth-order valence-electron chi connectivity index (χ4n) is 3.00. The molecule has 1 saturated heterocycles. The molecule has 0 radical (unpaired) electrons. The molecular formula is C13H16N2O. The number of fused-ring (bicyclic) bond motifs is 3. The highest BCUT2D eigenvalue weighted by atomic mass is 16.1. The molecule has 1 fully saturated rings. The SMILES string of the molecule is NC(=O)c1ccc2c(c1)C1CCCN1CC2. The van der Waals surface area contributed by atoms with Gasteiger partial charge in [0, 0.05) is 18.2 Å². The monoisotopic (exact) mass is 216 g/mol. The van der Waals surface area contributed by atoms with Gasteiger partial charge in [0.05, 0.1) is 0 Å². The van der Waals surface area contributed by atoms with Crippen LogP contribution in [0.15, 0.2) is 18.2 Å². The van der Waals surface area contributed by atoms with E-state index in [9.17, 15) is 4.79 Å². The molecule has 0 aromatic heterocycles. The lowest BCUT2D eigenvalue weighted by molar-refractivity contribution is 0.1000. The van der Waals surface area contributed by atoms with Crippen molar-refractivity contribution in [1.29, 1.82) is 0 Å². The molecule has 0 bridgehead atoms. The number of carbonyl (C=O) groups excluding carboxylic acids is 1. The molecule has 84 valence electrons. The van der Waals surface area contributed by atoms with Crippen LogP contribution in [0, 0.1) is 0 Å². The van der Waals surface area contributed by atoms with Crippen molar-refractivity contribution in [3.63, 3.8) is 0 Å². The summed E-state index contributed by atoms with van der Waals surface area (Å²) in [7, 11) is 0. The Labute approximate surface area is 95.2 Å². The molecule has 1 aromatic carbocycles. The maximum Gasteiger partial charge on any atom is 0.248 e. The van der Waals surface area contributed by atoms with Crippen molar-refractivity contribution in [1.82, 2.24) is 4.90 Å². The van der Waals surface area contributed by atoms with Gasteiger partial charge in [0.2, 0.25) is 5.91 Å². The number of amides is 1. The molecule has 3 heteroatoms. The van der Waals surface area contributed by atoms with Crippen molar-refractivity contribution >= 4 is 5.91 Å². The molecule has 2 aliphatic heterocycles. The average molecular weight is 216 g/mol. The minimum atomic E-state index is -0.321. The molecule has 2 N–H and O–H groups in total. The fraction of sp³-hybridized carbons (Fsp3) is 0.462. The molecule has 3 rings (SSSR count). The van der Waals surface area contributed by atoms with Crippen LogP contribution in [-0.4, -0.2) is 23.9 Å². The normalized spacial score (nSPS) is 23.9. The molecule has 0 saturated carbocycles. The van der Waals surface area contributed by atoms with Crippen LogP contribution in [-0.2, 0) is 6.42 Å². The van der Waals surface area contributed by atoms with Crippen LogP contribution in [0.5, 0.6) is 0 Å². The summed E-state index contributed by atoms with van der Waals surface area (Å²) in [6.07, 6.45) is 3.59. The first-order chi connectivity index (χ1) is 7.75. The van der Waals surface area contributed by atoms with E-state index in [2.05, 4.69) is 11.0 Å². The molecular weight excluding hydrogens is 200 g/mol. The molecule has 1 atom stereocenters. The number of carbonyl (C=O) groups is 1. The number of rotatable bonds is 1. The standard InChI is InChI=1S/C13H16N2O/c14-13(16)10-4-3-9-5-7-15-6-1-2-12(15)11(9)8-10/h3-4,8,12H,1-2,5-7H2,(H2,14,16). The van der Waals surface area contributed by atoms with E-state index in [-0.39, 0.29) is 5.91 Å². The number of primary amides is 1. The van der Waals surface area contributed by atoms with Crippen molar-refractivity contribution in [3.8, 4) is 0 Å². The fourth-order valence-corrected chi connectivity index (χ4v) is 3.00. The summed E-state index contributed by atoms with van der Waals surface area (Å²) >= 11 is 0. The van der Waals surface area contributed by atoms with E-state index >= 15 is 0 Å². The summed E-state index contributed by atoms with van der Waals surface area (Å²) < 4.78 is 0. The quantitative estimate of drug-likeness (QED) is 0.773. The Morgan fingerprint density at radius 1 is 1.38 bits per heavy atom. The van der Waals surface area contributed by atoms with Gasteiger partial charge in [0.25, 0.3) is 0 Å². The van der Waals surface area contributed by atoms with Crippen LogP contribution < -0.4 is 5.73 Å². The van der Waals surface area contributed by atoms with Crippen LogP contribution in [0.4, 0.5) is 0 Å². The highest BCUT2D eigenvalue weighted by Gasteiger charge is 2.31. The van der Waals surface area contributed by atoms with Crippen LogP contribution in [0.3, 0.4) is 0 Å². The Morgan fingerprint density at radius 2 is 2.25 bits per heavy atom. The highest BCUT2D eigenvalue weighted by Crippen LogP contribution is 2.37. The van der Waals surface area contributed by atoms with E-state index in [0.29, 0.717) is 11.6 Å². The van der Waals surface area contributed by atoms with Crippen LogP contribution in [0.2, 0.25) is 0 Å². The minimum Gasteiger partial charge on any atom is -0.366 e. The van der Waals surface area contributed by atoms with Gasteiger partial charge in [-0.15, -0.1) is 0 Å². The summed E-state index contributed by atoms with van der Waals surface area (Å²) in [4.78, 5) is 13.7. The molecule has 3 nitrogen and oxygen atoms in total. The summed E-state index contributed by atoms with van der Waals surface area (Å²) in [6, 6.07) is 6.46. The third-order valence-electron chi connectivity index (χ3n) is 3.82. The number of hydrogen-bond acceptors (Lipinski definition) is 2. The summed E-state index contributed by atoms with van der Waals surface area (Å²) in [6.45, 7) is 2.36. The topological polar surface area (TPSA) is 46.3 Å². The maximum atomic E-state index is 11.2. The third-order valence-corrected chi connectivity index (χ3v) is 3.82. The van der Waals surface area contributed by atoms with Crippen molar-refractivity contribution in [3.05, 3.63) is 34.9 Å². The van der Waals surface area contributed by atoms with Gasteiger partial charge < -0.3 is 5.73 Å². The lowest BCUT2D eigenvalue weighted by Gasteiger charge is -2.32. The molecule has 2 heterocycles. The predicted molar refractivity (Wildman–Crippen MR) is 62.2 cm³/mol. The van der Waals surface area contributed by atoms with E-state index in [0.717, 1.165) is 13.0 Å². The smallest absolute Gasteiger partial charge is 0.248 e. The Kier molecular flexibility index (Phi) is 2.21. The highest BCUT2D eigenvalue weighted by molar-refractivity contribution is 5.93. The van der Waals surface area contributed by atoms with Crippen LogP contribution in [0.25, 0.3) is 0 Å². The largest absolute Gasteiger partial charge is 0.366 e. The van der Waals surface area contributed by atoms with Gasteiger partial charge in [-0.05, 0) is 49.1 Å². The summed E-state index contributed by atoms with van der Waals surface area (Å²) in [5.74, 6) is -0.321. The second kappa shape index (κ2) is 3.59. The molecule has 16 heavy (non-hydrogen) atoms. The van der Waals surface area contributed by atoms with Crippen LogP contribution >= 0.6 is 0 Å². The molecule has 1 aromatic rings. The zero-order valence-electron chi connectivity index (χ0n) is 9.28. The summed E-state index contributed by atoms with van der Waals surface area (Å²) in [5, 5.41) is 0. The maximum absolute atomic E-state index is 11.2. The van der Waals surface area contributed by atoms with Gasteiger partial charge >= 0.3 is 0 Å². The van der Waals surface area contributed by atoms with Crippen molar-refractivity contribution < 1.29 is 4.79 Å². The molecule has 1 amide bonds. The first-order valence-corrected chi connectivity index (χ1v) is 5.92. The Hall–Kier alpha value is -1.35. The van der Waals surface area contributed by atoms with Crippen molar-refractivity contribution in [2.75, 3.05) is 13.1 Å². The predicted octanol–water partition coefficient (Wildman–Crippen LogP) is 1.48. The van der Waals surface area contributed by atoms with Gasteiger partial charge in [-0.25, -0.2) is 0 Å². The van der Waals surface area contributed by atoms with Gasteiger partial charge in [0.15, 0.2) is 0 Å². The van der Waals surface area contributed by atoms with Crippen molar-refractivity contribution in [2.24, 2.45) is 5.73 Å². The van der Waals surface area contributed by atoms with E-state index in [1.54, 1.807) is 0 Å². The third kappa shape index (κ3) is 1.43. The average Bonchev–Trinajstić information content (AvgIpc) is 2.76. The zero-order valence-corrected chi connectivity index (χ0v) is 9.28. The molecule has 1 unspecified atom stereocenters. The minimum absolute atomic E-state index is 0.321. The van der Waals surface area contributed by atoms with E-state index in [4.69, 9.17) is 5.73 Å². The second-order valence-electron chi connectivity index (χ2n) is 4.72. The second-order valence-corrected chi connectivity index (χ2v) is 4.72. The molecule has 2 aliphatic rings. The van der Waals surface area contributed by atoms with Crippen LogP contribution in [0.1, 0.15) is 40.4 Å². The first kappa shape index (κ1) is 9.85. The number of nitrogens with zero attached hydrogens (tertiary/aromatic N) is 1. The Morgan fingerprint density at radius 3 is 3.06 bits per heavy atom.